The van der Waals surface area contributed by atoms with Crippen LogP contribution in [0.2, 0.25) is 0 Å². The number of halogens is 2. The molecule has 3 rings (SSSR count). The highest BCUT2D eigenvalue weighted by molar-refractivity contribution is 5.31. The zero-order valence-corrected chi connectivity index (χ0v) is 14.4. The lowest BCUT2D eigenvalue weighted by Gasteiger charge is -2.47. The third kappa shape index (κ3) is 3.38. The standard InChI is InChI=1S/C18H24F2O5/c1-11(7-12-8-14(20)15(23-2)9-13(12)19)18(22)4-3-17(10-16(18)21)24-5-6-25-17/h8-9,11,16,21-22H,3-7,10H2,1-2H3. The summed E-state index contributed by atoms with van der Waals surface area (Å²) >= 11 is 0. The quantitative estimate of drug-likeness (QED) is 0.863. The SMILES string of the molecule is COc1cc(F)c(CC(C)C2(O)CCC3(CC2O)OCCO3)cc1F. The first-order valence-corrected chi connectivity index (χ1v) is 8.50. The molecule has 0 amide bonds. The van der Waals surface area contributed by atoms with Crippen LogP contribution in [0, 0.1) is 17.6 Å². The second kappa shape index (κ2) is 6.79. The van der Waals surface area contributed by atoms with Crippen molar-refractivity contribution in [1.82, 2.24) is 0 Å². The average Bonchev–Trinajstić information content (AvgIpc) is 3.02. The number of aliphatic hydroxyl groups excluding tert-OH is 1. The van der Waals surface area contributed by atoms with Crippen LogP contribution in [0.3, 0.4) is 0 Å². The molecule has 1 spiro atoms. The lowest BCUT2D eigenvalue weighted by molar-refractivity contribution is -0.246. The Hall–Kier alpha value is -1.28. The highest BCUT2D eigenvalue weighted by Gasteiger charge is 2.53. The average molecular weight is 358 g/mol. The predicted molar refractivity (Wildman–Crippen MR) is 85.2 cm³/mol. The molecule has 0 radical (unpaired) electrons. The number of hydrogen-bond donors (Lipinski definition) is 2. The van der Waals surface area contributed by atoms with E-state index in [0.717, 1.165) is 12.1 Å². The summed E-state index contributed by atoms with van der Waals surface area (Å²) in [4.78, 5) is 0. The largest absolute Gasteiger partial charge is 0.494 e. The molecule has 1 aromatic carbocycles. The van der Waals surface area contributed by atoms with Crippen molar-refractivity contribution in [3.63, 3.8) is 0 Å². The van der Waals surface area contributed by atoms with Crippen molar-refractivity contribution in [2.75, 3.05) is 20.3 Å². The predicted octanol–water partition coefficient (Wildman–Crippen LogP) is 2.17. The molecular weight excluding hydrogens is 334 g/mol. The van der Waals surface area contributed by atoms with Crippen molar-refractivity contribution >= 4 is 0 Å². The van der Waals surface area contributed by atoms with Crippen LogP contribution in [0.4, 0.5) is 8.78 Å². The summed E-state index contributed by atoms with van der Waals surface area (Å²) in [6.45, 7) is 2.66. The molecule has 7 heteroatoms. The summed E-state index contributed by atoms with van der Waals surface area (Å²) in [7, 11) is 1.27. The van der Waals surface area contributed by atoms with E-state index in [1.807, 2.05) is 0 Å². The molecule has 2 aliphatic rings. The second-order valence-electron chi connectivity index (χ2n) is 7.00. The number of ether oxygens (including phenoxy) is 3. The number of benzene rings is 1. The van der Waals surface area contributed by atoms with E-state index in [2.05, 4.69) is 0 Å². The van der Waals surface area contributed by atoms with Gasteiger partial charge in [0.15, 0.2) is 17.4 Å². The van der Waals surface area contributed by atoms with Gasteiger partial charge in [-0.15, -0.1) is 0 Å². The van der Waals surface area contributed by atoms with E-state index in [1.54, 1.807) is 6.92 Å². The van der Waals surface area contributed by atoms with E-state index >= 15 is 0 Å². The molecule has 1 saturated heterocycles. The fourth-order valence-electron chi connectivity index (χ4n) is 3.85. The molecule has 1 aliphatic heterocycles. The van der Waals surface area contributed by atoms with Crippen LogP contribution in [-0.2, 0) is 15.9 Å². The van der Waals surface area contributed by atoms with Gasteiger partial charge in [-0.3, -0.25) is 0 Å². The number of aliphatic hydroxyl groups is 2. The van der Waals surface area contributed by atoms with Gasteiger partial charge in [0.2, 0.25) is 0 Å². The molecular formula is C18H24F2O5. The zero-order valence-electron chi connectivity index (χ0n) is 14.4. The van der Waals surface area contributed by atoms with E-state index in [-0.39, 0.29) is 30.6 Å². The third-order valence-electron chi connectivity index (χ3n) is 5.50. The van der Waals surface area contributed by atoms with Gasteiger partial charge in [0.1, 0.15) is 5.82 Å². The van der Waals surface area contributed by atoms with Crippen LogP contribution in [0.25, 0.3) is 0 Å². The minimum atomic E-state index is -1.41. The first-order valence-electron chi connectivity index (χ1n) is 8.50. The monoisotopic (exact) mass is 358 g/mol. The first-order chi connectivity index (χ1) is 11.8. The summed E-state index contributed by atoms with van der Waals surface area (Å²) in [5.74, 6) is -2.73. The Bertz CT molecular complexity index is 632. The van der Waals surface area contributed by atoms with Gasteiger partial charge in [-0.05, 0) is 30.4 Å². The summed E-state index contributed by atoms with van der Waals surface area (Å²) in [6.07, 6.45) is -0.108. The van der Waals surface area contributed by atoms with Gasteiger partial charge in [-0.1, -0.05) is 6.92 Å². The van der Waals surface area contributed by atoms with E-state index in [1.165, 1.54) is 7.11 Å². The Labute approximate surface area is 145 Å². The molecule has 140 valence electrons. The molecule has 2 N–H and O–H groups in total. The van der Waals surface area contributed by atoms with Crippen molar-refractivity contribution < 1.29 is 33.2 Å². The second-order valence-corrected chi connectivity index (χ2v) is 7.00. The lowest BCUT2D eigenvalue weighted by Crippen LogP contribution is -2.57. The Morgan fingerprint density at radius 1 is 1.24 bits per heavy atom. The molecule has 1 aliphatic carbocycles. The molecule has 2 fully saturated rings. The summed E-state index contributed by atoms with van der Waals surface area (Å²) in [5, 5.41) is 21.5. The van der Waals surface area contributed by atoms with E-state index in [9.17, 15) is 19.0 Å². The first kappa shape index (κ1) is 18.5. The van der Waals surface area contributed by atoms with Crippen molar-refractivity contribution in [3.05, 3.63) is 29.3 Å². The molecule has 0 aromatic heterocycles. The van der Waals surface area contributed by atoms with Crippen LogP contribution >= 0.6 is 0 Å². The van der Waals surface area contributed by atoms with Gasteiger partial charge < -0.3 is 24.4 Å². The molecule has 1 saturated carbocycles. The van der Waals surface area contributed by atoms with E-state index in [4.69, 9.17) is 14.2 Å². The van der Waals surface area contributed by atoms with E-state index in [0.29, 0.717) is 19.6 Å². The van der Waals surface area contributed by atoms with Gasteiger partial charge in [-0.25, -0.2) is 8.78 Å². The maximum absolute atomic E-state index is 14.2. The molecule has 1 heterocycles. The normalized spacial score (nSPS) is 29.8. The van der Waals surface area contributed by atoms with Crippen molar-refractivity contribution in [2.24, 2.45) is 5.92 Å². The van der Waals surface area contributed by atoms with Gasteiger partial charge >= 0.3 is 0 Å². The van der Waals surface area contributed by atoms with Crippen LogP contribution in [0.15, 0.2) is 12.1 Å². The van der Waals surface area contributed by atoms with Gasteiger partial charge in [0.05, 0.1) is 32.0 Å². The maximum Gasteiger partial charge on any atom is 0.171 e. The van der Waals surface area contributed by atoms with Gasteiger partial charge in [0.25, 0.3) is 0 Å². The maximum atomic E-state index is 14.2. The Kier molecular flexibility index (Phi) is 5.03. The number of hydrogen-bond acceptors (Lipinski definition) is 5. The Balaban J connectivity index is 1.74. The minimum absolute atomic E-state index is 0.0923. The summed E-state index contributed by atoms with van der Waals surface area (Å²) in [6, 6.07) is 2.07. The van der Waals surface area contributed by atoms with Crippen molar-refractivity contribution in [1.29, 1.82) is 0 Å². The fraction of sp³-hybridized carbons (Fsp3) is 0.667. The van der Waals surface area contributed by atoms with Crippen LogP contribution in [0.1, 0.15) is 31.7 Å². The zero-order chi connectivity index (χ0) is 18.2. The molecule has 0 bridgehead atoms. The Morgan fingerprint density at radius 2 is 1.92 bits per heavy atom. The third-order valence-corrected chi connectivity index (χ3v) is 5.50. The fourth-order valence-corrected chi connectivity index (χ4v) is 3.85. The topological polar surface area (TPSA) is 68.2 Å². The van der Waals surface area contributed by atoms with Crippen LogP contribution in [0.5, 0.6) is 5.75 Å². The van der Waals surface area contributed by atoms with Crippen molar-refractivity contribution in [3.8, 4) is 5.75 Å². The molecule has 3 atom stereocenters. The highest BCUT2D eigenvalue weighted by atomic mass is 19.1. The molecule has 5 nitrogen and oxygen atoms in total. The van der Waals surface area contributed by atoms with Crippen molar-refractivity contribution in [2.45, 2.75) is 50.1 Å². The summed E-state index contributed by atoms with van der Waals surface area (Å²) < 4.78 is 44.0. The number of rotatable bonds is 4. The lowest BCUT2D eigenvalue weighted by atomic mass is 9.70. The highest BCUT2D eigenvalue weighted by Crippen LogP contribution is 2.44. The van der Waals surface area contributed by atoms with E-state index < -0.39 is 35.0 Å². The molecule has 1 aromatic rings. The van der Waals surface area contributed by atoms with Crippen LogP contribution in [-0.4, -0.2) is 48.0 Å². The minimum Gasteiger partial charge on any atom is -0.494 e. The smallest absolute Gasteiger partial charge is 0.171 e. The van der Waals surface area contributed by atoms with Gasteiger partial charge in [-0.2, -0.15) is 0 Å². The van der Waals surface area contributed by atoms with Crippen LogP contribution < -0.4 is 4.74 Å². The Morgan fingerprint density at radius 3 is 2.52 bits per heavy atom. The number of methoxy groups -OCH3 is 1. The molecule has 25 heavy (non-hydrogen) atoms. The van der Waals surface area contributed by atoms with Gasteiger partial charge in [0, 0.05) is 18.9 Å². The molecule has 3 unspecified atom stereocenters. The summed E-state index contributed by atoms with van der Waals surface area (Å²) in [5.41, 5.74) is -1.27.